The number of nitrogens with one attached hydrogen (secondary N) is 2. The van der Waals surface area contributed by atoms with Crippen molar-refractivity contribution in [1.29, 1.82) is 0 Å². The minimum atomic E-state index is -3.07. The summed E-state index contributed by atoms with van der Waals surface area (Å²) in [6.07, 6.45) is -7.03. The summed E-state index contributed by atoms with van der Waals surface area (Å²) in [7, 11) is 0. The van der Waals surface area contributed by atoms with E-state index in [1.165, 1.54) is 0 Å². The van der Waals surface area contributed by atoms with Gasteiger partial charge in [0.25, 0.3) is 0 Å². The van der Waals surface area contributed by atoms with Crippen molar-refractivity contribution in [2.75, 3.05) is 6.61 Å². The van der Waals surface area contributed by atoms with Crippen molar-refractivity contribution in [3.8, 4) is 0 Å². The van der Waals surface area contributed by atoms with E-state index < -0.39 is 74.3 Å². The molecule has 0 aliphatic carbocycles. The van der Waals surface area contributed by atoms with Gasteiger partial charge in [-0.3, -0.25) is 14.4 Å². The topological polar surface area (TPSA) is 191 Å². The molecule has 1 saturated heterocycles. The Morgan fingerprint density at radius 1 is 1.30 bits per heavy atom. The van der Waals surface area contributed by atoms with Gasteiger partial charge in [0.15, 0.2) is 6.23 Å². The van der Waals surface area contributed by atoms with Gasteiger partial charge in [-0.2, -0.15) is 0 Å². The number of aliphatic hydroxyl groups excluding tert-OH is 3. The summed E-state index contributed by atoms with van der Waals surface area (Å²) < 4.78 is 26.2. The third-order valence-corrected chi connectivity index (χ3v) is 3.25. The fraction of sp³-hybridized carbons (Fsp3) is 0.750. The van der Waals surface area contributed by atoms with Gasteiger partial charge < -0.3 is 41.5 Å². The zero-order chi connectivity index (χ0) is 20.2. The lowest BCUT2D eigenvalue weighted by Gasteiger charge is -2.42. The molecule has 11 nitrogen and oxygen atoms in total. The molecule has 0 spiro atoms. The van der Waals surface area contributed by atoms with Gasteiger partial charge in [-0.05, 0) is 0 Å². The van der Waals surface area contributed by atoms with Crippen molar-refractivity contribution in [3.63, 3.8) is 0 Å². The van der Waals surface area contributed by atoms with E-state index in [1.807, 2.05) is 5.32 Å². The normalized spacial score (nSPS) is 34.4. The Morgan fingerprint density at radius 2 is 1.96 bits per heavy atom. The highest BCUT2D eigenvalue weighted by Crippen LogP contribution is 2.20. The molecular weight excluding hydrogens is 314 g/mol. The molecule has 0 aromatic rings. The van der Waals surface area contributed by atoms with Crippen LogP contribution in [0.25, 0.3) is 0 Å². The molecule has 0 aromatic carbocycles. The predicted octanol–water partition coefficient (Wildman–Crippen LogP) is -4.15. The van der Waals surface area contributed by atoms with Gasteiger partial charge in [-0.15, -0.1) is 0 Å². The Kier molecular flexibility index (Phi) is 5.25. The lowest BCUT2D eigenvalue weighted by Crippen LogP contribution is -2.68. The summed E-state index contributed by atoms with van der Waals surface area (Å²) in [4.78, 5) is 34.2. The molecule has 132 valence electrons. The molecule has 0 aromatic heterocycles. The van der Waals surface area contributed by atoms with Gasteiger partial charge in [-0.25, -0.2) is 0 Å². The third kappa shape index (κ3) is 5.11. The minimum Gasteiger partial charge on any atom is -0.480 e. The fourth-order valence-electron chi connectivity index (χ4n) is 2.06. The predicted molar refractivity (Wildman–Crippen MR) is 73.7 cm³/mol. The molecule has 11 heteroatoms. The second-order valence-electron chi connectivity index (χ2n) is 4.97. The van der Waals surface area contributed by atoms with E-state index in [9.17, 15) is 24.6 Å². The number of nitrogens with two attached hydrogens (primary N) is 1. The van der Waals surface area contributed by atoms with Gasteiger partial charge in [0, 0.05) is 11.0 Å². The first-order valence-corrected chi connectivity index (χ1v) is 6.59. The molecule has 23 heavy (non-hydrogen) atoms. The molecule has 0 radical (unpaired) electrons. The zero-order valence-electron chi connectivity index (χ0n) is 14.9. The Hall–Kier alpha value is -1.79. The molecule has 0 bridgehead atoms. The second kappa shape index (κ2) is 8.17. The number of rotatable bonds is 6. The van der Waals surface area contributed by atoms with Crippen LogP contribution < -0.4 is 16.4 Å². The molecule has 0 unspecified atom stereocenters. The highest BCUT2D eigenvalue weighted by molar-refractivity contribution is 5.84. The van der Waals surface area contributed by atoms with Crippen LogP contribution in [0.3, 0.4) is 0 Å². The maximum Gasteiger partial charge on any atom is 0.321 e. The van der Waals surface area contributed by atoms with E-state index in [4.69, 9.17) is 24.8 Å². The van der Waals surface area contributed by atoms with Crippen molar-refractivity contribution >= 4 is 17.8 Å². The van der Waals surface area contributed by atoms with E-state index in [1.54, 1.807) is 0 Å². The summed E-state index contributed by atoms with van der Waals surface area (Å²) >= 11 is 0. The lowest BCUT2D eigenvalue weighted by molar-refractivity contribution is -0.203. The highest BCUT2D eigenvalue weighted by Gasteiger charge is 2.45. The third-order valence-electron chi connectivity index (χ3n) is 3.25. The van der Waals surface area contributed by atoms with Crippen LogP contribution in [0.15, 0.2) is 0 Å². The Bertz CT molecular complexity index is 546. The largest absolute Gasteiger partial charge is 0.480 e. The van der Waals surface area contributed by atoms with Gasteiger partial charge >= 0.3 is 5.97 Å². The number of amides is 2. The molecule has 1 fully saturated rings. The molecule has 1 rings (SSSR count). The quantitative estimate of drug-likeness (QED) is 0.252. The van der Waals surface area contributed by atoms with Crippen LogP contribution in [0.2, 0.25) is 0 Å². The molecule has 8 N–H and O–H groups in total. The number of aliphatic hydroxyl groups is 3. The van der Waals surface area contributed by atoms with Crippen molar-refractivity contribution in [2.45, 2.75) is 49.9 Å². The van der Waals surface area contributed by atoms with E-state index in [0.29, 0.717) is 0 Å². The SMILES string of the molecule is [2H]C([2H])([2H])C(=O)N[C@@H]1[C@@H](O)[C@H](O)[C@@H](CO)O[C@H]1NC(=O)C[C@H](N)C(=O)O. The summed E-state index contributed by atoms with van der Waals surface area (Å²) in [5.41, 5.74) is 5.22. The lowest BCUT2D eigenvalue weighted by atomic mass is 9.95. The van der Waals surface area contributed by atoms with E-state index in [0.717, 1.165) is 0 Å². The van der Waals surface area contributed by atoms with Crippen LogP contribution in [0.5, 0.6) is 0 Å². The Labute approximate surface area is 135 Å². The van der Waals surface area contributed by atoms with Gasteiger partial charge in [0.2, 0.25) is 11.8 Å². The van der Waals surface area contributed by atoms with Crippen molar-refractivity contribution < 1.29 is 43.7 Å². The maximum absolute atomic E-state index is 11.9. The van der Waals surface area contributed by atoms with Crippen molar-refractivity contribution in [1.82, 2.24) is 10.6 Å². The standard InChI is InChI=1S/C12H21N3O8/c1-4(17)14-8-10(20)9(19)6(3-16)23-11(8)15-7(18)2-5(13)12(21)22/h5-6,8-11,16,19-20H,2-3,13H2,1H3,(H,14,17)(H,15,18)(H,21,22)/t5-,6+,8+,9+,10+,11+/m0/s1/i1D3. The molecule has 1 aliphatic heterocycles. The zero-order valence-corrected chi connectivity index (χ0v) is 11.9. The van der Waals surface area contributed by atoms with Crippen molar-refractivity contribution in [2.24, 2.45) is 5.73 Å². The first kappa shape index (κ1) is 14.8. The number of hydrogen-bond donors (Lipinski definition) is 7. The number of carbonyl (C=O) groups is 3. The monoisotopic (exact) mass is 338 g/mol. The summed E-state index contributed by atoms with van der Waals surface area (Å²) in [5, 5.41) is 41.9. The Morgan fingerprint density at radius 3 is 2.48 bits per heavy atom. The second-order valence-corrected chi connectivity index (χ2v) is 4.97. The van der Waals surface area contributed by atoms with Crippen LogP contribution in [0, 0.1) is 0 Å². The molecule has 1 heterocycles. The number of aliphatic carboxylic acids is 1. The van der Waals surface area contributed by atoms with E-state index in [2.05, 4.69) is 5.32 Å². The van der Waals surface area contributed by atoms with Gasteiger partial charge in [0.05, 0.1) is 13.0 Å². The van der Waals surface area contributed by atoms with Crippen LogP contribution in [0.1, 0.15) is 17.4 Å². The molecule has 2 amide bonds. The number of carboxylic acid groups (broad SMARTS) is 1. The molecular formula is C12H21N3O8. The first-order chi connectivity index (χ1) is 11.9. The van der Waals surface area contributed by atoms with Crippen LogP contribution in [-0.4, -0.2) is 81.4 Å². The minimum absolute atomic E-state index is 0.669. The summed E-state index contributed by atoms with van der Waals surface area (Å²) in [5.74, 6) is -3.85. The van der Waals surface area contributed by atoms with Gasteiger partial charge in [0.1, 0.15) is 30.4 Å². The molecule has 6 atom stereocenters. The maximum atomic E-state index is 11.9. The number of carbonyl (C=O) groups excluding carboxylic acids is 2. The first-order valence-electron chi connectivity index (χ1n) is 8.09. The van der Waals surface area contributed by atoms with Crippen LogP contribution >= 0.6 is 0 Å². The average molecular weight is 338 g/mol. The fourth-order valence-corrected chi connectivity index (χ4v) is 2.06. The summed E-state index contributed by atoms with van der Waals surface area (Å²) in [6, 6.07) is -3.11. The van der Waals surface area contributed by atoms with E-state index in [-0.39, 0.29) is 0 Å². The van der Waals surface area contributed by atoms with Crippen LogP contribution in [0.4, 0.5) is 0 Å². The highest BCUT2D eigenvalue weighted by atomic mass is 16.5. The molecule has 1 aliphatic rings. The van der Waals surface area contributed by atoms with Crippen LogP contribution in [-0.2, 0) is 19.1 Å². The van der Waals surface area contributed by atoms with Crippen molar-refractivity contribution in [3.05, 3.63) is 0 Å². The Balaban J connectivity index is 2.94. The number of carboxylic acids is 1. The number of ether oxygens (including phenoxy) is 1. The van der Waals surface area contributed by atoms with Gasteiger partial charge in [-0.1, -0.05) is 0 Å². The number of hydrogen-bond acceptors (Lipinski definition) is 8. The van der Waals surface area contributed by atoms with E-state index >= 15 is 0 Å². The summed E-state index contributed by atoms with van der Waals surface area (Å²) in [6.45, 7) is -3.82. The molecule has 0 saturated carbocycles. The average Bonchev–Trinajstić information content (AvgIpc) is 2.52. The smallest absolute Gasteiger partial charge is 0.321 e.